The first kappa shape index (κ1) is 20.7. The first-order valence-corrected chi connectivity index (χ1v) is 9.82. The zero-order chi connectivity index (χ0) is 20.0. The van der Waals surface area contributed by atoms with Crippen LogP contribution in [0.3, 0.4) is 0 Å². The highest BCUT2D eigenvalue weighted by Crippen LogP contribution is 2.14. The fourth-order valence-corrected chi connectivity index (χ4v) is 3.46. The van der Waals surface area contributed by atoms with Gasteiger partial charge in [0.2, 0.25) is 10.0 Å². The van der Waals surface area contributed by atoms with Crippen LogP contribution >= 0.6 is 0 Å². The van der Waals surface area contributed by atoms with Crippen LogP contribution in [-0.2, 0) is 14.8 Å². The maximum atomic E-state index is 13.0. The van der Waals surface area contributed by atoms with Gasteiger partial charge >= 0.3 is 0 Å². The van der Waals surface area contributed by atoms with E-state index in [1.807, 2.05) is 13.8 Å². The monoisotopic (exact) mass is 391 g/mol. The Labute approximate surface area is 158 Å². The van der Waals surface area contributed by atoms with Crippen LogP contribution in [0, 0.1) is 12.7 Å². The Kier molecular flexibility index (Phi) is 6.81. The van der Waals surface area contributed by atoms with Gasteiger partial charge in [-0.3, -0.25) is 4.79 Å². The number of hydrazone groups is 1. The summed E-state index contributed by atoms with van der Waals surface area (Å²) in [7, 11) is -2.44. The number of amides is 1. The van der Waals surface area contributed by atoms with Crippen molar-refractivity contribution in [2.75, 3.05) is 13.6 Å². The highest BCUT2D eigenvalue weighted by atomic mass is 32.2. The molecular weight excluding hydrogens is 369 g/mol. The number of likely N-dealkylation sites (N-methyl/N-ethyl adjacent to an activating group) is 1. The predicted octanol–water partition coefficient (Wildman–Crippen LogP) is 2.69. The first-order chi connectivity index (χ1) is 12.7. The van der Waals surface area contributed by atoms with Crippen molar-refractivity contribution >= 4 is 21.6 Å². The molecule has 0 bridgehead atoms. The summed E-state index contributed by atoms with van der Waals surface area (Å²) in [6, 6.07) is 12.1. The van der Waals surface area contributed by atoms with E-state index >= 15 is 0 Å². The molecule has 2 rings (SSSR count). The molecule has 27 heavy (non-hydrogen) atoms. The minimum atomic E-state index is -3.77. The van der Waals surface area contributed by atoms with E-state index in [1.54, 1.807) is 24.3 Å². The van der Waals surface area contributed by atoms with Gasteiger partial charge in [-0.2, -0.15) is 9.41 Å². The molecule has 2 aromatic carbocycles. The van der Waals surface area contributed by atoms with E-state index < -0.39 is 15.9 Å². The molecule has 0 saturated carbocycles. The standard InChI is InChI=1S/C19H22FN3O3S/c1-4-18(15-7-9-16(20)10-8-15)21-22-19(24)13-23(3)27(25,26)17-11-5-14(2)6-12-17/h5-12H,4,13H2,1-3H3,(H,22,24)/b21-18-. The minimum Gasteiger partial charge on any atom is -0.272 e. The minimum absolute atomic E-state index is 0.118. The summed E-state index contributed by atoms with van der Waals surface area (Å²) in [6.45, 7) is 3.33. The molecule has 2 aromatic rings. The lowest BCUT2D eigenvalue weighted by atomic mass is 10.1. The third kappa shape index (κ3) is 5.45. The summed E-state index contributed by atoms with van der Waals surface area (Å²) >= 11 is 0. The number of aryl methyl sites for hydroxylation is 1. The topological polar surface area (TPSA) is 78.8 Å². The van der Waals surface area contributed by atoms with Crippen molar-refractivity contribution in [1.82, 2.24) is 9.73 Å². The first-order valence-electron chi connectivity index (χ1n) is 8.38. The Morgan fingerprint density at radius 1 is 1.11 bits per heavy atom. The number of carbonyl (C=O) groups excluding carboxylic acids is 1. The molecule has 0 aliphatic rings. The molecule has 0 aliphatic carbocycles. The van der Waals surface area contributed by atoms with Gasteiger partial charge in [0.15, 0.2) is 0 Å². The van der Waals surface area contributed by atoms with Gasteiger partial charge < -0.3 is 0 Å². The Morgan fingerprint density at radius 2 is 1.70 bits per heavy atom. The van der Waals surface area contributed by atoms with Crippen LogP contribution in [0.15, 0.2) is 58.5 Å². The van der Waals surface area contributed by atoms with E-state index in [1.165, 1.54) is 31.3 Å². The number of halogens is 1. The Bertz CT molecular complexity index is 924. The van der Waals surface area contributed by atoms with Crippen LogP contribution in [-0.4, -0.2) is 37.9 Å². The van der Waals surface area contributed by atoms with Crippen molar-refractivity contribution < 1.29 is 17.6 Å². The van der Waals surface area contributed by atoms with Crippen molar-refractivity contribution in [2.24, 2.45) is 5.10 Å². The normalized spacial score (nSPS) is 12.3. The molecule has 0 unspecified atom stereocenters. The highest BCUT2D eigenvalue weighted by molar-refractivity contribution is 7.89. The lowest BCUT2D eigenvalue weighted by molar-refractivity contribution is -0.121. The van der Waals surface area contributed by atoms with E-state index in [2.05, 4.69) is 10.5 Å². The molecule has 144 valence electrons. The van der Waals surface area contributed by atoms with Crippen LogP contribution in [0.5, 0.6) is 0 Å². The summed E-state index contributed by atoms with van der Waals surface area (Å²) in [6.07, 6.45) is 0.517. The van der Waals surface area contributed by atoms with Crippen molar-refractivity contribution in [3.63, 3.8) is 0 Å². The number of benzene rings is 2. The van der Waals surface area contributed by atoms with Crippen LogP contribution in [0.1, 0.15) is 24.5 Å². The average molecular weight is 391 g/mol. The van der Waals surface area contributed by atoms with E-state index in [-0.39, 0.29) is 17.3 Å². The van der Waals surface area contributed by atoms with Crippen molar-refractivity contribution in [2.45, 2.75) is 25.2 Å². The molecule has 1 amide bonds. The summed E-state index contributed by atoms with van der Waals surface area (Å²) in [5.74, 6) is -0.928. The van der Waals surface area contributed by atoms with Crippen LogP contribution in [0.4, 0.5) is 4.39 Å². The summed E-state index contributed by atoms with van der Waals surface area (Å²) < 4.78 is 39.0. The van der Waals surface area contributed by atoms with Crippen LogP contribution < -0.4 is 5.43 Å². The molecule has 1 N–H and O–H groups in total. The molecule has 0 atom stereocenters. The van der Waals surface area contributed by atoms with Crippen molar-refractivity contribution in [1.29, 1.82) is 0 Å². The molecule has 0 heterocycles. The fraction of sp³-hybridized carbons (Fsp3) is 0.263. The summed E-state index contributed by atoms with van der Waals surface area (Å²) in [5, 5.41) is 4.03. The zero-order valence-electron chi connectivity index (χ0n) is 15.4. The molecule has 0 fully saturated rings. The molecule has 0 spiro atoms. The summed E-state index contributed by atoms with van der Waals surface area (Å²) in [4.78, 5) is 12.2. The third-order valence-corrected chi connectivity index (χ3v) is 5.74. The number of hydrogen-bond donors (Lipinski definition) is 1. The fourth-order valence-electron chi connectivity index (χ4n) is 2.33. The number of nitrogens with one attached hydrogen (secondary N) is 1. The van der Waals surface area contributed by atoms with Crippen LogP contribution in [0.25, 0.3) is 0 Å². The number of rotatable bonds is 7. The molecule has 0 aliphatic heterocycles. The molecular formula is C19H22FN3O3S. The van der Waals surface area contributed by atoms with Gasteiger partial charge in [0.25, 0.3) is 5.91 Å². The van der Waals surface area contributed by atoms with Crippen molar-refractivity contribution in [3.8, 4) is 0 Å². The Morgan fingerprint density at radius 3 is 2.26 bits per heavy atom. The van der Waals surface area contributed by atoms with Gasteiger partial charge in [0.1, 0.15) is 5.82 Å². The molecule has 0 saturated heterocycles. The average Bonchev–Trinajstić information content (AvgIpc) is 2.64. The quantitative estimate of drug-likeness (QED) is 0.582. The van der Waals surface area contributed by atoms with Crippen molar-refractivity contribution in [3.05, 3.63) is 65.5 Å². The van der Waals surface area contributed by atoms with Gasteiger partial charge in [0.05, 0.1) is 17.2 Å². The molecule has 8 heteroatoms. The highest BCUT2D eigenvalue weighted by Gasteiger charge is 2.22. The number of hydrogen-bond acceptors (Lipinski definition) is 4. The smallest absolute Gasteiger partial charge is 0.255 e. The molecule has 0 radical (unpaired) electrons. The number of nitrogens with zero attached hydrogens (tertiary/aromatic N) is 2. The number of carbonyl (C=O) groups is 1. The maximum Gasteiger partial charge on any atom is 0.255 e. The van der Waals surface area contributed by atoms with Crippen LogP contribution in [0.2, 0.25) is 0 Å². The van der Waals surface area contributed by atoms with E-state index in [0.717, 1.165) is 9.87 Å². The van der Waals surface area contributed by atoms with Gasteiger partial charge in [-0.25, -0.2) is 18.2 Å². The lowest BCUT2D eigenvalue weighted by Gasteiger charge is -2.16. The van der Waals surface area contributed by atoms with Gasteiger partial charge in [-0.15, -0.1) is 0 Å². The second-order valence-corrected chi connectivity index (χ2v) is 8.07. The largest absolute Gasteiger partial charge is 0.272 e. The predicted molar refractivity (Wildman–Crippen MR) is 102 cm³/mol. The van der Waals surface area contributed by atoms with E-state index in [4.69, 9.17) is 0 Å². The number of sulfonamides is 1. The zero-order valence-corrected chi connectivity index (χ0v) is 16.3. The SMILES string of the molecule is CC/C(=N/NC(=O)CN(C)S(=O)(=O)c1ccc(C)cc1)c1ccc(F)cc1. The van der Waals surface area contributed by atoms with E-state index in [0.29, 0.717) is 17.7 Å². The maximum absolute atomic E-state index is 13.0. The summed E-state index contributed by atoms with van der Waals surface area (Å²) in [5.41, 5.74) is 4.54. The van der Waals surface area contributed by atoms with Gasteiger partial charge in [0, 0.05) is 7.05 Å². The molecule has 0 aromatic heterocycles. The Balaban J connectivity index is 2.05. The van der Waals surface area contributed by atoms with Gasteiger partial charge in [-0.05, 0) is 43.2 Å². The van der Waals surface area contributed by atoms with Gasteiger partial charge in [-0.1, -0.05) is 36.8 Å². The van der Waals surface area contributed by atoms with E-state index in [9.17, 15) is 17.6 Å². The second-order valence-electron chi connectivity index (χ2n) is 6.03. The second kappa shape index (κ2) is 8.88. The molecule has 6 nitrogen and oxygen atoms in total. The third-order valence-electron chi connectivity index (χ3n) is 3.92. The Hall–Kier alpha value is -2.58. The lowest BCUT2D eigenvalue weighted by Crippen LogP contribution is -2.37.